The van der Waals surface area contributed by atoms with Gasteiger partial charge in [0.1, 0.15) is 16.8 Å². The minimum Gasteiger partial charge on any atom is -0.334 e. The summed E-state index contributed by atoms with van der Waals surface area (Å²) in [5.41, 5.74) is -5.16. The maximum Gasteiger partial charge on any atom is 0.459 e. The number of hydrogen-bond acceptors (Lipinski definition) is 5. The molecule has 2 N–H and O–H groups in total. The molecule has 0 spiro atoms. The summed E-state index contributed by atoms with van der Waals surface area (Å²) < 4.78 is 107. The molecule has 2 heterocycles. The standard InChI is InChI=1S/C21H15ClF8N6O/c1-35-7-11(10-2-3-13(22)12(6-10)17(37)32-18(9-31)4-5-18)8-36(35)16-14(20(25,26)27)15(33-34-16)19(23,24)21(28,29)30/h2-3,6,8H,4-5,7H2,1H3,(H,32,37)(H,33,34). The first-order valence-corrected chi connectivity index (χ1v) is 10.7. The topological polar surface area (TPSA) is 88.1 Å². The smallest absolute Gasteiger partial charge is 0.334 e. The molecule has 0 saturated heterocycles. The summed E-state index contributed by atoms with van der Waals surface area (Å²) >= 11 is 6.11. The van der Waals surface area contributed by atoms with Crippen LogP contribution in [0.2, 0.25) is 5.02 Å². The number of likely N-dealkylation sites (N-methyl/N-ethyl adjacent to an activating group) is 1. The molecule has 37 heavy (non-hydrogen) atoms. The molecule has 2 aliphatic rings. The zero-order valence-electron chi connectivity index (χ0n) is 18.5. The highest BCUT2D eigenvalue weighted by Crippen LogP contribution is 2.50. The SMILES string of the molecule is CN1CC(c2ccc(Cl)c(C(=O)NC3(C#N)CC3)c2)=CN1c1n[nH]c(C(F)(F)C(F)(F)F)c1C(F)(F)F. The molecule has 1 amide bonds. The minimum atomic E-state index is -6.31. The van der Waals surface area contributed by atoms with Gasteiger partial charge in [-0.15, -0.1) is 0 Å². The van der Waals surface area contributed by atoms with Crippen molar-refractivity contribution in [3.63, 3.8) is 0 Å². The zero-order valence-corrected chi connectivity index (χ0v) is 19.3. The summed E-state index contributed by atoms with van der Waals surface area (Å²) in [6, 6.07) is 6.10. The Balaban J connectivity index is 1.72. The van der Waals surface area contributed by atoms with Crippen molar-refractivity contribution in [2.45, 2.75) is 36.7 Å². The number of benzene rings is 1. The lowest BCUT2D eigenvalue weighted by atomic mass is 10.0. The Morgan fingerprint density at radius 2 is 1.84 bits per heavy atom. The highest BCUT2D eigenvalue weighted by atomic mass is 35.5. The van der Waals surface area contributed by atoms with E-state index < -0.39 is 46.8 Å². The van der Waals surface area contributed by atoms with E-state index in [1.807, 2.05) is 6.07 Å². The molecule has 0 atom stereocenters. The Labute approximate surface area is 208 Å². The minimum absolute atomic E-state index is 0.0226. The molecule has 0 bridgehead atoms. The number of carbonyl (C=O) groups excluding carboxylic acids is 1. The molecular formula is C21H15ClF8N6O. The van der Waals surface area contributed by atoms with Crippen molar-refractivity contribution in [3.05, 3.63) is 51.8 Å². The molecular weight excluding hydrogens is 540 g/mol. The van der Waals surface area contributed by atoms with Crippen LogP contribution < -0.4 is 10.3 Å². The van der Waals surface area contributed by atoms with Crippen LogP contribution in [-0.4, -0.2) is 46.4 Å². The second-order valence-corrected chi connectivity index (χ2v) is 8.93. The van der Waals surface area contributed by atoms with E-state index in [1.54, 1.807) is 0 Å². The van der Waals surface area contributed by atoms with Crippen molar-refractivity contribution in [1.29, 1.82) is 5.26 Å². The Hall–Kier alpha value is -3.38. The van der Waals surface area contributed by atoms with E-state index in [0.29, 0.717) is 23.4 Å². The van der Waals surface area contributed by atoms with Crippen LogP contribution in [0.25, 0.3) is 5.57 Å². The highest BCUT2D eigenvalue weighted by Gasteiger charge is 2.63. The monoisotopic (exact) mass is 554 g/mol. The number of rotatable bonds is 5. The maximum atomic E-state index is 13.9. The number of aromatic amines is 1. The molecule has 16 heteroatoms. The second-order valence-electron chi connectivity index (χ2n) is 8.52. The van der Waals surface area contributed by atoms with Crippen molar-refractivity contribution in [3.8, 4) is 6.07 Å². The number of nitrogens with one attached hydrogen (secondary N) is 2. The molecule has 1 fully saturated rings. The summed E-state index contributed by atoms with van der Waals surface area (Å²) in [4.78, 5) is 12.6. The lowest BCUT2D eigenvalue weighted by Crippen LogP contribution is -2.37. The van der Waals surface area contributed by atoms with Crippen LogP contribution in [0.15, 0.2) is 24.4 Å². The Morgan fingerprint density at radius 3 is 2.38 bits per heavy atom. The molecule has 1 aromatic carbocycles. The van der Waals surface area contributed by atoms with Gasteiger partial charge in [-0.3, -0.25) is 14.9 Å². The third kappa shape index (κ3) is 4.71. The highest BCUT2D eigenvalue weighted by molar-refractivity contribution is 6.34. The predicted molar refractivity (Wildman–Crippen MR) is 113 cm³/mol. The van der Waals surface area contributed by atoms with E-state index in [9.17, 15) is 45.2 Å². The van der Waals surface area contributed by atoms with Crippen LogP contribution in [0.1, 0.15) is 40.0 Å². The van der Waals surface area contributed by atoms with Gasteiger partial charge in [-0.1, -0.05) is 17.7 Å². The van der Waals surface area contributed by atoms with Gasteiger partial charge in [0.2, 0.25) is 0 Å². The van der Waals surface area contributed by atoms with Crippen molar-refractivity contribution >= 4 is 28.9 Å². The molecule has 1 aliphatic carbocycles. The second kappa shape index (κ2) is 8.59. The summed E-state index contributed by atoms with van der Waals surface area (Å²) in [6.45, 7) is -0.125. The van der Waals surface area contributed by atoms with Gasteiger partial charge in [-0.05, 0) is 36.1 Å². The van der Waals surface area contributed by atoms with Crippen LogP contribution >= 0.6 is 11.6 Å². The van der Waals surface area contributed by atoms with Crippen molar-refractivity contribution in [1.82, 2.24) is 20.5 Å². The molecule has 1 aromatic heterocycles. The molecule has 1 saturated carbocycles. The first-order chi connectivity index (χ1) is 17.0. The largest absolute Gasteiger partial charge is 0.459 e. The lowest BCUT2D eigenvalue weighted by Gasteiger charge is -2.25. The Morgan fingerprint density at radius 1 is 1.19 bits per heavy atom. The molecule has 1 aliphatic heterocycles. The number of halogens is 9. The normalized spacial score (nSPS) is 18.0. The van der Waals surface area contributed by atoms with E-state index in [0.717, 1.165) is 11.2 Å². The van der Waals surface area contributed by atoms with Gasteiger partial charge in [0.25, 0.3) is 5.91 Å². The zero-order chi connectivity index (χ0) is 27.6. The number of alkyl halides is 8. The number of anilines is 1. The maximum absolute atomic E-state index is 13.9. The summed E-state index contributed by atoms with van der Waals surface area (Å²) in [7, 11) is 1.26. The first-order valence-electron chi connectivity index (χ1n) is 10.4. The van der Waals surface area contributed by atoms with Crippen LogP contribution in [0.5, 0.6) is 0 Å². The van der Waals surface area contributed by atoms with E-state index in [1.165, 1.54) is 30.3 Å². The fraction of sp³-hybridized carbons (Fsp3) is 0.381. The summed E-state index contributed by atoms with van der Waals surface area (Å²) in [5, 5.41) is 17.9. The predicted octanol–water partition coefficient (Wildman–Crippen LogP) is 5.23. The fourth-order valence-electron chi connectivity index (χ4n) is 3.71. The molecule has 0 radical (unpaired) electrons. The third-order valence-corrected chi connectivity index (χ3v) is 6.19. The van der Waals surface area contributed by atoms with Gasteiger partial charge in [-0.2, -0.15) is 45.5 Å². The number of aromatic nitrogens is 2. The van der Waals surface area contributed by atoms with Gasteiger partial charge in [-0.25, -0.2) is 5.01 Å². The van der Waals surface area contributed by atoms with Crippen molar-refractivity contribution in [2.75, 3.05) is 18.6 Å². The average Bonchev–Trinajstić information content (AvgIpc) is 3.22. The van der Waals surface area contributed by atoms with Crippen LogP contribution in [-0.2, 0) is 12.1 Å². The molecule has 0 unspecified atom stereocenters. The van der Waals surface area contributed by atoms with Gasteiger partial charge < -0.3 is 5.32 Å². The van der Waals surface area contributed by atoms with Crippen LogP contribution in [0.4, 0.5) is 40.9 Å². The Bertz CT molecular complexity index is 1320. The molecule has 198 valence electrons. The summed E-state index contributed by atoms with van der Waals surface area (Å²) in [6.07, 6.45) is -9.95. The molecule has 2 aromatic rings. The van der Waals surface area contributed by atoms with Crippen LogP contribution in [0, 0.1) is 11.3 Å². The number of nitrogens with zero attached hydrogens (tertiary/aromatic N) is 4. The quantitative estimate of drug-likeness (QED) is 0.494. The third-order valence-electron chi connectivity index (χ3n) is 5.86. The number of carbonyl (C=O) groups is 1. The van der Waals surface area contributed by atoms with Gasteiger partial charge in [0.15, 0.2) is 5.82 Å². The fourth-order valence-corrected chi connectivity index (χ4v) is 3.91. The van der Waals surface area contributed by atoms with E-state index in [2.05, 4.69) is 10.4 Å². The number of hydrogen-bond donors (Lipinski definition) is 2. The van der Waals surface area contributed by atoms with Gasteiger partial charge >= 0.3 is 18.3 Å². The first kappa shape index (κ1) is 26.7. The summed E-state index contributed by atoms with van der Waals surface area (Å²) in [5.74, 6) is -7.73. The van der Waals surface area contributed by atoms with Gasteiger partial charge in [0.05, 0.1) is 16.7 Å². The van der Waals surface area contributed by atoms with Crippen molar-refractivity contribution < 1.29 is 39.9 Å². The van der Waals surface area contributed by atoms with Gasteiger partial charge in [0, 0.05) is 19.8 Å². The van der Waals surface area contributed by atoms with E-state index in [4.69, 9.17) is 11.6 Å². The van der Waals surface area contributed by atoms with E-state index in [-0.39, 0.29) is 22.7 Å². The van der Waals surface area contributed by atoms with E-state index >= 15 is 0 Å². The molecule has 7 nitrogen and oxygen atoms in total. The molecule has 4 rings (SSSR count). The number of H-pyrrole nitrogens is 1. The van der Waals surface area contributed by atoms with Crippen molar-refractivity contribution in [2.24, 2.45) is 0 Å². The van der Waals surface area contributed by atoms with Crippen LogP contribution in [0.3, 0.4) is 0 Å². The Kier molecular flexibility index (Phi) is 6.19. The number of nitriles is 1. The number of amides is 1. The average molecular weight is 555 g/mol. The number of hydrazine groups is 1. The lowest BCUT2D eigenvalue weighted by molar-refractivity contribution is -0.292.